The topological polar surface area (TPSA) is 70.9 Å². The summed E-state index contributed by atoms with van der Waals surface area (Å²) in [5, 5.41) is 15.8. The van der Waals surface area contributed by atoms with Gasteiger partial charge in [-0.25, -0.2) is 0 Å². The highest BCUT2D eigenvalue weighted by molar-refractivity contribution is 5.66. The molecule has 0 amide bonds. The molecule has 1 saturated carbocycles. The summed E-state index contributed by atoms with van der Waals surface area (Å²) < 4.78 is 42.5. The predicted octanol–water partition coefficient (Wildman–Crippen LogP) is 6.99. The smallest absolute Gasteiger partial charge is 0.416 e. The highest BCUT2D eigenvalue weighted by Crippen LogP contribution is 2.42. The number of rotatable bonds is 11. The van der Waals surface area contributed by atoms with Crippen LogP contribution in [0.15, 0.2) is 41.6 Å². The molecule has 0 spiro atoms. The number of nitrogens with zero attached hydrogens (tertiary/aromatic N) is 1. The molecular formula is C28H35F3N2O3. The zero-order valence-corrected chi connectivity index (χ0v) is 20.9. The average Bonchev–Trinajstić information content (AvgIpc) is 2.87. The summed E-state index contributed by atoms with van der Waals surface area (Å²) in [4.78, 5) is 16.4. The Bertz CT molecular complexity index is 1050. The van der Waals surface area contributed by atoms with Crippen LogP contribution in [0.2, 0.25) is 0 Å². The number of carboxylic acids is 1. The highest BCUT2D eigenvalue weighted by atomic mass is 19.4. The van der Waals surface area contributed by atoms with Crippen molar-refractivity contribution in [3.05, 3.63) is 69.8 Å². The zero-order valence-electron chi connectivity index (χ0n) is 20.9. The molecule has 3 rings (SSSR count). The number of carbonyl (C=O) groups is 1. The molecular weight excluding hydrogens is 469 g/mol. The van der Waals surface area contributed by atoms with Crippen molar-refractivity contribution in [2.24, 2.45) is 5.16 Å². The van der Waals surface area contributed by atoms with Crippen LogP contribution in [0.1, 0.15) is 97.8 Å². The van der Waals surface area contributed by atoms with Crippen molar-refractivity contribution in [2.75, 3.05) is 6.54 Å². The van der Waals surface area contributed by atoms with E-state index in [0.29, 0.717) is 36.2 Å². The second kappa shape index (κ2) is 12.9. The third-order valence-corrected chi connectivity index (χ3v) is 6.75. The Morgan fingerprint density at radius 2 is 1.83 bits per heavy atom. The molecule has 2 N–H and O–H groups in total. The van der Waals surface area contributed by atoms with Crippen LogP contribution < -0.4 is 5.32 Å². The minimum absolute atomic E-state index is 0.0306. The molecule has 1 atom stereocenters. The van der Waals surface area contributed by atoms with Crippen LogP contribution in [0, 0.1) is 0 Å². The third-order valence-electron chi connectivity index (χ3n) is 6.75. The summed E-state index contributed by atoms with van der Waals surface area (Å²) in [6.45, 7) is 4.54. The first kappa shape index (κ1) is 27.7. The summed E-state index contributed by atoms with van der Waals surface area (Å²) >= 11 is 0. The normalized spacial score (nSPS) is 15.8. The molecule has 8 heteroatoms. The van der Waals surface area contributed by atoms with Gasteiger partial charge in [-0.15, -0.1) is 0 Å². The zero-order chi connectivity index (χ0) is 26.1. The average molecular weight is 505 g/mol. The van der Waals surface area contributed by atoms with Crippen molar-refractivity contribution in [1.82, 2.24) is 5.32 Å². The fourth-order valence-corrected chi connectivity index (χ4v) is 4.92. The van der Waals surface area contributed by atoms with Crippen LogP contribution in [-0.4, -0.2) is 23.8 Å². The number of aryl methyl sites for hydroxylation is 1. The number of alkyl halides is 3. The summed E-state index contributed by atoms with van der Waals surface area (Å²) in [7, 11) is 0. The Balaban J connectivity index is 1.94. The molecule has 196 valence electrons. The van der Waals surface area contributed by atoms with E-state index in [-0.39, 0.29) is 12.3 Å². The molecule has 2 aromatic carbocycles. The number of carboxylic acid groups (broad SMARTS) is 1. The van der Waals surface area contributed by atoms with Crippen LogP contribution in [0.3, 0.4) is 0 Å². The summed E-state index contributed by atoms with van der Waals surface area (Å²) in [5.74, 6) is -0.935. The van der Waals surface area contributed by atoms with Crippen molar-refractivity contribution in [3.8, 4) is 0 Å². The van der Waals surface area contributed by atoms with E-state index in [4.69, 9.17) is 9.94 Å². The maximum absolute atomic E-state index is 14.2. The van der Waals surface area contributed by atoms with Crippen molar-refractivity contribution in [2.45, 2.75) is 83.5 Å². The van der Waals surface area contributed by atoms with Gasteiger partial charge in [0, 0.05) is 24.9 Å². The van der Waals surface area contributed by atoms with Gasteiger partial charge in [-0.05, 0) is 60.4 Å². The van der Waals surface area contributed by atoms with Gasteiger partial charge in [0.05, 0.1) is 12.0 Å². The van der Waals surface area contributed by atoms with Gasteiger partial charge in [-0.1, -0.05) is 61.7 Å². The van der Waals surface area contributed by atoms with Crippen LogP contribution >= 0.6 is 0 Å². The monoisotopic (exact) mass is 504 g/mol. The lowest BCUT2D eigenvalue weighted by Crippen LogP contribution is -2.18. The molecule has 0 saturated heterocycles. The first-order chi connectivity index (χ1) is 17.2. The SMILES string of the molecule is C/C=N/OC(c1ccc(CNCCC(=O)O)c(CC)c1)c1ccc(C2CCCCC2)c(C(F)(F)F)c1. The molecule has 2 aromatic rings. The van der Waals surface area contributed by atoms with E-state index < -0.39 is 23.8 Å². The van der Waals surface area contributed by atoms with Crippen molar-refractivity contribution in [1.29, 1.82) is 0 Å². The van der Waals surface area contributed by atoms with Crippen molar-refractivity contribution in [3.63, 3.8) is 0 Å². The first-order valence-corrected chi connectivity index (χ1v) is 12.6. The third kappa shape index (κ3) is 7.32. The minimum atomic E-state index is -4.46. The lowest BCUT2D eigenvalue weighted by Gasteiger charge is -2.26. The number of oxime groups is 1. The molecule has 1 aliphatic rings. The standard InChI is InChI=1S/C28H35F3N2O3/c1-3-19-16-21(10-11-23(19)18-32-15-14-26(34)35)27(36-33-4-2)22-12-13-24(20-8-6-5-7-9-20)25(17-22)28(29,30)31/h4,10-13,16-17,20,27,32H,3,5-9,14-15,18H2,1-2H3,(H,34,35)/b33-4+. The number of nitrogens with one attached hydrogen (secondary N) is 1. The van der Waals surface area contributed by atoms with Gasteiger partial charge in [-0.3, -0.25) is 4.79 Å². The molecule has 5 nitrogen and oxygen atoms in total. The quantitative estimate of drug-likeness (QED) is 0.197. The van der Waals surface area contributed by atoms with Gasteiger partial charge < -0.3 is 15.3 Å². The first-order valence-electron chi connectivity index (χ1n) is 12.6. The van der Waals surface area contributed by atoms with Crippen LogP contribution in [0.25, 0.3) is 0 Å². The van der Waals surface area contributed by atoms with Gasteiger partial charge in [0.25, 0.3) is 0 Å². The number of hydrogen-bond donors (Lipinski definition) is 2. The Morgan fingerprint density at radius 3 is 2.47 bits per heavy atom. The lowest BCUT2D eigenvalue weighted by molar-refractivity contribution is -0.139. The van der Waals surface area contributed by atoms with Crippen LogP contribution in [0.4, 0.5) is 13.2 Å². The highest BCUT2D eigenvalue weighted by Gasteiger charge is 2.36. The van der Waals surface area contributed by atoms with E-state index in [1.54, 1.807) is 19.1 Å². The van der Waals surface area contributed by atoms with E-state index in [1.165, 1.54) is 12.3 Å². The van der Waals surface area contributed by atoms with E-state index >= 15 is 0 Å². The van der Waals surface area contributed by atoms with Gasteiger partial charge in [0.15, 0.2) is 6.10 Å². The Labute approximate surface area is 210 Å². The van der Waals surface area contributed by atoms with Crippen molar-refractivity contribution < 1.29 is 27.9 Å². The maximum atomic E-state index is 14.2. The summed E-state index contributed by atoms with van der Waals surface area (Å²) in [6.07, 6.45) is 1.51. The fourth-order valence-electron chi connectivity index (χ4n) is 4.92. The Kier molecular flexibility index (Phi) is 9.93. The van der Waals surface area contributed by atoms with Gasteiger partial charge in [-0.2, -0.15) is 13.2 Å². The summed E-state index contributed by atoms with van der Waals surface area (Å²) in [6, 6.07) is 10.3. The maximum Gasteiger partial charge on any atom is 0.416 e. The van der Waals surface area contributed by atoms with Crippen LogP contribution in [-0.2, 0) is 28.8 Å². The predicted molar refractivity (Wildman–Crippen MR) is 134 cm³/mol. The number of hydrogen-bond acceptors (Lipinski definition) is 4. The molecule has 0 heterocycles. The fraction of sp³-hybridized carbons (Fsp3) is 0.500. The second-order valence-electron chi connectivity index (χ2n) is 9.23. The van der Waals surface area contributed by atoms with E-state index in [2.05, 4.69) is 10.5 Å². The second-order valence-corrected chi connectivity index (χ2v) is 9.23. The lowest BCUT2D eigenvalue weighted by atomic mass is 9.81. The Hall–Kier alpha value is -2.87. The van der Waals surface area contributed by atoms with Gasteiger partial charge in [0.1, 0.15) is 0 Å². The van der Waals surface area contributed by atoms with Crippen molar-refractivity contribution >= 4 is 12.2 Å². The molecule has 0 radical (unpaired) electrons. The van der Waals surface area contributed by atoms with E-state index in [0.717, 1.165) is 43.2 Å². The molecule has 1 unspecified atom stereocenters. The molecule has 0 aliphatic heterocycles. The Morgan fingerprint density at radius 1 is 1.14 bits per heavy atom. The molecule has 1 aliphatic carbocycles. The van der Waals surface area contributed by atoms with Gasteiger partial charge in [0.2, 0.25) is 0 Å². The molecule has 1 fully saturated rings. The molecule has 36 heavy (non-hydrogen) atoms. The number of halogens is 3. The van der Waals surface area contributed by atoms with Gasteiger partial charge >= 0.3 is 12.1 Å². The molecule has 0 aromatic heterocycles. The largest absolute Gasteiger partial charge is 0.481 e. The van der Waals surface area contributed by atoms with Crippen LogP contribution in [0.5, 0.6) is 0 Å². The van der Waals surface area contributed by atoms with E-state index in [9.17, 15) is 18.0 Å². The number of benzene rings is 2. The van der Waals surface area contributed by atoms with E-state index in [1.807, 2.05) is 25.1 Å². The molecule has 0 bridgehead atoms. The minimum Gasteiger partial charge on any atom is -0.481 e. The summed E-state index contributed by atoms with van der Waals surface area (Å²) in [5.41, 5.74) is 2.93. The number of aliphatic carboxylic acids is 1.